The summed E-state index contributed by atoms with van der Waals surface area (Å²) in [5.41, 5.74) is 4.92. The number of nitrogens with one attached hydrogen (secondary N) is 2. The minimum Gasteiger partial charge on any atom is -0.475 e. The second-order valence-corrected chi connectivity index (χ2v) is 6.36. The number of nitrogens with zero attached hydrogens (tertiary/aromatic N) is 2. The highest BCUT2D eigenvalue weighted by Gasteiger charge is 2.05. The van der Waals surface area contributed by atoms with Crippen molar-refractivity contribution in [1.29, 1.82) is 0 Å². The van der Waals surface area contributed by atoms with E-state index >= 15 is 0 Å². The minimum absolute atomic E-state index is 0.259. The van der Waals surface area contributed by atoms with Crippen LogP contribution in [-0.2, 0) is 6.42 Å². The Bertz CT molecular complexity index is 909. The van der Waals surface area contributed by atoms with Gasteiger partial charge in [0.2, 0.25) is 5.88 Å². The molecule has 2 amide bonds. The summed E-state index contributed by atoms with van der Waals surface area (Å²) in [4.78, 5) is 12.0. The fourth-order valence-corrected chi connectivity index (χ4v) is 2.71. The largest absolute Gasteiger partial charge is 0.475 e. The van der Waals surface area contributed by atoms with Gasteiger partial charge in [0.05, 0.1) is 12.2 Å². The molecule has 0 aliphatic rings. The Labute approximate surface area is 165 Å². The van der Waals surface area contributed by atoms with E-state index < -0.39 is 0 Å². The van der Waals surface area contributed by atoms with Crippen molar-refractivity contribution < 1.29 is 9.53 Å². The first kappa shape index (κ1) is 19.4. The number of anilines is 1. The third-order valence-corrected chi connectivity index (χ3v) is 4.27. The van der Waals surface area contributed by atoms with Gasteiger partial charge in [-0.05, 0) is 31.0 Å². The number of aromatic nitrogens is 2. The maximum Gasteiger partial charge on any atom is 0.319 e. The van der Waals surface area contributed by atoms with Crippen molar-refractivity contribution >= 4 is 11.7 Å². The van der Waals surface area contributed by atoms with Crippen molar-refractivity contribution in [3.8, 4) is 17.1 Å². The number of carbonyl (C=O) groups is 1. The lowest BCUT2D eigenvalue weighted by atomic mass is 10.1. The number of urea groups is 1. The monoisotopic (exact) mass is 376 g/mol. The summed E-state index contributed by atoms with van der Waals surface area (Å²) in [6.45, 7) is 4.77. The van der Waals surface area contributed by atoms with E-state index in [1.54, 1.807) is 6.07 Å². The Hall–Kier alpha value is -3.41. The van der Waals surface area contributed by atoms with Crippen LogP contribution < -0.4 is 15.4 Å². The number of aryl methyl sites for hydroxylation is 2. The van der Waals surface area contributed by atoms with Crippen molar-refractivity contribution in [3.63, 3.8) is 0 Å². The van der Waals surface area contributed by atoms with Gasteiger partial charge in [0.1, 0.15) is 6.61 Å². The summed E-state index contributed by atoms with van der Waals surface area (Å²) in [6.07, 6.45) is 0.858. The van der Waals surface area contributed by atoms with E-state index in [2.05, 4.69) is 27.8 Å². The zero-order valence-corrected chi connectivity index (χ0v) is 16.1. The molecule has 0 atom stereocenters. The number of amides is 2. The Kier molecular flexibility index (Phi) is 6.57. The SMILES string of the molecule is CCc1ccccc1NC(=O)NCCOc1ccc(-c2ccc(C)cc2)nn1. The molecule has 0 bridgehead atoms. The molecule has 1 heterocycles. The number of hydrogen-bond acceptors (Lipinski definition) is 4. The molecule has 3 rings (SSSR count). The molecule has 6 nitrogen and oxygen atoms in total. The molecule has 0 aliphatic heterocycles. The Balaban J connectivity index is 1.43. The smallest absolute Gasteiger partial charge is 0.319 e. The number of ether oxygens (including phenoxy) is 1. The van der Waals surface area contributed by atoms with Gasteiger partial charge in [0.15, 0.2) is 0 Å². The summed E-state index contributed by atoms with van der Waals surface area (Å²) in [5.74, 6) is 0.425. The van der Waals surface area contributed by atoms with Crippen LogP contribution in [0.15, 0.2) is 60.7 Å². The molecule has 2 aromatic carbocycles. The van der Waals surface area contributed by atoms with Crippen LogP contribution in [0.25, 0.3) is 11.3 Å². The molecule has 0 spiro atoms. The molecule has 144 valence electrons. The first-order chi connectivity index (χ1) is 13.7. The van der Waals surface area contributed by atoms with E-state index in [0.29, 0.717) is 19.0 Å². The normalized spacial score (nSPS) is 10.4. The number of para-hydroxylation sites is 1. The summed E-state index contributed by atoms with van der Waals surface area (Å²) >= 11 is 0. The second kappa shape index (κ2) is 9.50. The van der Waals surface area contributed by atoms with Crippen molar-refractivity contribution in [1.82, 2.24) is 15.5 Å². The van der Waals surface area contributed by atoms with Crippen LogP contribution in [-0.4, -0.2) is 29.4 Å². The average Bonchev–Trinajstić information content (AvgIpc) is 2.73. The van der Waals surface area contributed by atoms with Gasteiger partial charge < -0.3 is 15.4 Å². The van der Waals surface area contributed by atoms with Crippen LogP contribution in [0.4, 0.5) is 10.5 Å². The number of rotatable bonds is 7. The van der Waals surface area contributed by atoms with Crippen molar-refractivity contribution in [3.05, 3.63) is 71.8 Å². The van der Waals surface area contributed by atoms with Crippen LogP contribution >= 0.6 is 0 Å². The summed E-state index contributed by atoms with van der Waals surface area (Å²) in [6, 6.07) is 19.2. The van der Waals surface area contributed by atoms with Crippen LogP contribution in [0, 0.1) is 6.92 Å². The van der Waals surface area contributed by atoms with Crippen molar-refractivity contribution in [2.75, 3.05) is 18.5 Å². The fraction of sp³-hybridized carbons (Fsp3) is 0.227. The number of hydrogen-bond donors (Lipinski definition) is 2. The number of carbonyl (C=O) groups excluding carboxylic acids is 1. The Morgan fingerprint density at radius 3 is 2.50 bits per heavy atom. The van der Waals surface area contributed by atoms with Gasteiger partial charge in [-0.25, -0.2) is 4.79 Å². The molecule has 1 aromatic heterocycles. The third kappa shape index (κ3) is 5.30. The molecular formula is C22H24N4O2. The molecule has 0 radical (unpaired) electrons. The first-order valence-corrected chi connectivity index (χ1v) is 9.32. The summed E-state index contributed by atoms with van der Waals surface area (Å²) in [7, 11) is 0. The average molecular weight is 376 g/mol. The van der Waals surface area contributed by atoms with Gasteiger partial charge in [0, 0.05) is 17.3 Å². The zero-order valence-electron chi connectivity index (χ0n) is 16.1. The molecule has 0 unspecified atom stereocenters. The highest BCUT2D eigenvalue weighted by molar-refractivity contribution is 5.90. The highest BCUT2D eigenvalue weighted by atomic mass is 16.5. The summed E-state index contributed by atoms with van der Waals surface area (Å²) < 4.78 is 5.55. The van der Waals surface area contributed by atoms with Crippen LogP contribution in [0.5, 0.6) is 5.88 Å². The van der Waals surface area contributed by atoms with Crippen LogP contribution in [0.1, 0.15) is 18.1 Å². The van der Waals surface area contributed by atoms with E-state index in [4.69, 9.17) is 4.74 Å². The molecule has 28 heavy (non-hydrogen) atoms. The van der Waals surface area contributed by atoms with Gasteiger partial charge in [-0.3, -0.25) is 0 Å². The molecular weight excluding hydrogens is 352 g/mol. The highest BCUT2D eigenvalue weighted by Crippen LogP contribution is 2.18. The fourth-order valence-electron chi connectivity index (χ4n) is 2.71. The van der Waals surface area contributed by atoms with Crippen LogP contribution in [0.2, 0.25) is 0 Å². The lowest BCUT2D eigenvalue weighted by Gasteiger charge is -2.11. The second-order valence-electron chi connectivity index (χ2n) is 6.36. The Morgan fingerprint density at radius 1 is 1.00 bits per heavy atom. The molecule has 0 fully saturated rings. The van der Waals surface area contributed by atoms with Crippen molar-refractivity contribution in [2.24, 2.45) is 0 Å². The first-order valence-electron chi connectivity index (χ1n) is 9.32. The van der Waals surface area contributed by atoms with E-state index in [0.717, 1.165) is 28.9 Å². The third-order valence-electron chi connectivity index (χ3n) is 4.27. The number of benzene rings is 2. The van der Waals surface area contributed by atoms with Gasteiger partial charge in [-0.1, -0.05) is 55.0 Å². The lowest BCUT2D eigenvalue weighted by molar-refractivity contribution is 0.246. The molecule has 3 aromatic rings. The van der Waals surface area contributed by atoms with E-state index in [-0.39, 0.29) is 6.03 Å². The maximum absolute atomic E-state index is 12.0. The lowest BCUT2D eigenvalue weighted by Crippen LogP contribution is -2.32. The van der Waals surface area contributed by atoms with Crippen molar-refractivity contribution in [2.45, 2.75) is 20.3 Å². The topological polar surface area (TPSA) is 76.1 Å². The molecule has 6 heteroatoms. The van der Waals surface area contributed by atoms with E-state index in [1.807, 2.05) is 61.5 Å². The molecule has 0 aliphatic carbocycles. The minimum atomic E-state index is -0.259. The summed E-state index contributed by atoms with van der Waals surface area (Å²) in [5, 5.41) is 13.9. The zero-order chi connectivity index (χ0) is 19.8. The van der Waals surface area contributed by atoms with Crippen LogP contribution in [0.3, 0.4) is 0 Å². The van der Waals surface area contributed by atoms with Gasteiger partial charge in [-0.2, -0.15) is 0 Å². The molecule has 0 saturated carbocycles. The quantitative estimate of drug-likeness (QED) is 0.606. The van der Waals surface area contributed by atoms with Gasteiger partial charge in [0.25, 0.3) is 0 Å². The molecule has 2 N–H and O–H groups in total. The Morgan fingerprint density at radius 2 is 1.79 bits per heavy atom. The standard InChI is InChI=1S/C22H24N4O2/c1-3-17-6-4-5-7-19(17)24-22(27)23-14-15-28-21-13-12-20(25-26-21)18-10-8-16(2)9-11-18/h4-13H,3,14-15H2,1-2H3,(H2,23,24,27). The predicted octanol–water partition coefficient (Wildman–Crippen LogP) is 4.21. The maximum atomic E-state index is 12.0. The van der Waals surface area contributed by atoms with E-state index in [9.17, 15) is 4.79 Å². The van der Waals surface area contributed by atoms with Gasteiger partial charge >= 0.3 is 6.03 Å². The van der Waals surface area contributed by atoms with Gasteiger partial charge in [-0.15, -0.1) is 10.2 Å². The molecule has 0 saturated heterocycles. The van der Waals surface area contributed by atoms with E-state index in [1.165, 1.54) is 5.56 Å². The predicted molar refractivity (Wildman–Crippen MR) is 111 cm³/mol.